The molecule has 3 aromatic rings. The second-order valence-corrected chi connectivity index (χ2v) is 9.44. The zero-order valence-corrected chi connectivity index (χ0v) is 21.1. The van der Waals surface area contributed by atoms with Crippen LogP contribution in [0.15, 0.2) is 89.9 Å². The summed E-state index contributed by atoms with van der Waals surface area (Å²) in [5.41, 5.74) is 8.90. The zero-order valence-electron chi connectivity index (χ0n) is 21.1. The lowest BCUT2D eigenvalue weighted by Gasteiger charge is -2.44. The quantitative estimate of drug-likeness (QED) is 0.270. The highest BCUT2D eigenvalue weighted by Gasteiger charge is 2.39. The van der Waals surface area contributed by atoms with Crippen LogP contribution in [-0.2, 0) is 12.0 Å². The molecule has 1 saturated carbocycles. The number of nitriles is 1. The van der Waals surface area contributed by atoms with Crippen molar-refractivity contribution in [2.75, 3.05) is 13.7 Å². The largest absolute Gasteiger partial charge is 0.496 e. The van der Waals surface area contributed by atoms with E-state index in [1.165, 1.54) is 5.56 Å². The van der Waals surface area contributed by atoms with Crippen molar-refractivity contribution >= 4 is 11.9 Å². The van der Waals surface area contributed by atoms with E-state index in [1.807, 2.05) is 59.6 Å². The molecule has 0 bridgehead atoms. The SMILES string of the molecule is COc1ccccc1C(=O)NC[C@]1(c2ccccc2)CC[C@H](N(Cc2ccccc2)C(N)=NC#N)CC1. The summed E-state index contributed by atoms with van der Waals surface area (Å²) in [6, 6.07) is 27.9. The predicted octanol–water partition coefficient (Wildman–Crippen LogP) is 4.60. The third-order valence-corrected chi connectivity index (χ3v) is 7.33. The number of ether oxygens (including phenoxy) is 1. The van der Waals surface area contributed by atoms with E-state index in [2.05, 4.69) is 34.6 Å². The fourth-order valence-corrected chi connectivity index (χ4v) is 5.30. The molecule has 0 aliphatic heterocycles. The van der Waals surface area contributed by atoms with Gasteiger partial charge in [-0.2, -0.15) is 5.26 Å². The third kappa shape index (κ3) is 6.10. The summed E-state index contributed by atoms with van der Waals surface area (Å²) < 4.78 is 5.39. The standard InChI is InChI=1S/C30H33N5O2/c1-37-27-15-9-8-14-26(27)28(36)33-21-30(24-12-6-3-7-13-24)18-16-25(17-19-30)35(29(32)34-22-31)20-23-10-4-2-5-11-23/h2-15,25H,16-21H2,1H3,(H2,32,34)(H,33,36)/t25-,30-. The normalized spacial score (nSPS) is 19.5. The minimum absolute atomic E-state index is 0.138. The molecule has 1 aliphatic carbocycles. The Labute approximate surface area is 218 Å². The Morgan fingerprint density at radius 3 is 2.32 bits per heavy atom. The van der Waals surface area contributed by atoms with Crippen LogP contribution < -0.4 is 15.8 Å². The first-order valence-corrected chi connectivity index (χ1v) is 12.6. The fourth-order valence-electron chi connectivity index (χ4n) is 5.30. The number of amides is 1. The Kier molecular flexibility index (Phi) is 8.42. The highest BCUT2D eigenvalue weighted by Crippen LogP contribution is 2.41. The summed E-state index contributed by atoms with van der Waals surface area (Å²) >= 11 is 0. The van der Waals surface area contributed by atoms with Crippen molar-refractivity contribution in [3.05, 3.63) is 102 Å². The number of nitrogens with two attached hydrogens (primary N) is 1. The van der Waals surface area contributed by atoms with Gasteiger partial charge in [0.1, 0.15) is 5.75 Å². The maximum absolute atomic E-state index is 13.1. The van der Waals surface area contributed by atoms with E-state index in [0.717, 1.165) is 31.2 Å². The van der Waals surface area contributed by atoms with Crippen LogP contribution in [0.1, 0.15) is 47.2 Å². The van der Waals surface area contributed by atoms with E-state index >= 15 is 0 Å². The summed E-state index contributed by atoms with van der Waals surface area (Å²) in [6.45, 7) is 1.10. The summed E-state index contributed by atoms with van der Waals surface area (Å²) in [7, 11) is 1.57. The lowest BCUT2D eigenvalue weighted by molar-refractivity contribution is 0.0925. The third-order valence-electron chi connectivity index (χ3n) is 7.33. The van der Waals surface area contributed by atoms with Gasteiger partial charge in [-0.15, -0.1) is 4.99 Å². The van der Waals surface area contributed by atoms with Crippen LogP contribution in [0.4, 0.5) is 0 Å². The summed E-state index contributed by atoms with van der Waals surface area (Å²) in [5.74, 6) is 0.653. The highest BCUT2D eigenvalue weighted by atomic mass is 16.5. The number of nitrogens with one attached hydrogen (secondary N) is 1. The van der Waals surface area contributed by atoms with Crippen molar-refractivity contribution in [3.8, 4) is 11.9 Å². The van der Waals surface area contributed by atoms with Gasteiger partial charge in [0.25, 0.3) is 5.91 Å². The van der Waals surface area contributed by atoms with E-state index in [0.29, 0.717) is 24.4 Å². The molecular weight excluding hydrogens is 462 g/mol. The molecule has 4 rings (SSSR count). The Balaban J connectivity index is 1.54. The summed E-state index contributed by atoms with van der Waals surface area (Å²) in [6.07, 6.45) is 5.27. The van der Waals surface area contributed by atoms with Gasteiger partial charge in [0.05, 0.1) is 12.7 Å². The number of carbonyl (C=O) groups excluding carboxylic acids is 1. The second kappa shape index (κ2) is 12.1. The molecule has 37 heavy (non-hydrogen) atoms. The lowest BCUT2D eigenvalue weighted by Crippen LogP contribution is -2.50. The molecule has 0 heterocycles. The van der Waals surface area contributed by atoms with Crippen LogP contribution in [0, 0.1) is 11.5 Å². The molecular formula is C30H33N5O2. The van der Waals surface area contributed by atoms with Crippen LogP contribution in [0.5, 0.6) is 5.75 Å². The van der Waals surface area contributed by atoms with E-state index in [9.17, 15) is 4.79 Å². The minimum Gasteiger partial charge on any atom is -0.496 e. The molecule has 0 spiro atoms. The van der Waals surface area contributed by atoms with Gasteiger partial charge in [0.2, 0.25) is 12.2 Å². The number of nitrogens with zero attached hydrogens (tertiary/aromatic N) is 3. The number of guanidine groups is 1. The zero-order chi connectivity index (χ0) is 26.1. The van der Waals surface area contributed by atoms with Crippen molar-refractivity contribution in [1.29, 1.82) is 5.26 Å². The first kappa shape index (κ1) is 25.8. The first-order chi connectivity index (χ1) is 18.1. The molecule has 7 nitrogen and oxygen atoms in total. The Bertz CT molecular complexity index is 1250. The molecule has 1 aliphatic rings. The van der Waals surface area contributed by atoms with Gasteiger partial charge in [-0.25, -0.2) is 0 Å². The monoisotopic (exact) mass is 495 g/mol. The van der Waals surface area contributed by atoms with Gasteiger partial charge >= 0.3 is 0 Å². The molecule has 7 heteroatoms. The maximum atomic E-state index is 13.1. The Hall–Kier alpha value is -4.31. The van der Waals surface area contributed by atoms with Gasteiger partial charge in [-0.3, -0.25) is 4.79 Å². The highest BCUT2D eigenvalue weighted by molar-refractivity contribution is 5.97. The van der Waals surface area contributed by atoms with Crippen molar-refractivity contribution in [3.63, 3.8) is 0 Å². The lowest BCUT2D eigenvalue weighted by atomic mass is 9.67. The second-order valence-electron chi connectivity index (χ2n) is 9.44. The number of hydrogen-bond donors (Lipinski definition) is 2. The molecule has 0 unspecified atom stereocenters. The van der Waals surface area contributed by atoms with Gasteiger partial charge in [0, 0.05) is 24.5 Å². The maximum Gasteiger partial charge on any atom is 0.255 e. The van der Waals surface area contributed by atoms with Crippen LogP contribution >= 0.6 is 0 Å². The number of hydrogen-bond acceptors (Lipinski definition) is 4. The van der Waals surface area contributed by atoms with Gasteiger partial charge in [-0.1, -0.05) is 72.8 Å². The Morgan fingerprint density at radius 2 is 1.68 bits per heavy atom. The van der Waals surface area contributed by atoms with E-state index in [1.54, 1.807) is 19.2 Å². The molecule has 0 aromatic heterocycles. The molecule has 3 N–H and O–H groups in total. The van der Waals surface area contributed by atoms with Crippen molar-refractivity contribution in [1.82, 2.24) is 10.2 Å². The fraction of sp³-hybridized carbons (Fsp3) is 0.300. The number of benzene rings is 3. The van der Waals surface area contributed by atoms with Crippen molar-refractivity contribution in [2.45, 2.75) is 43.7 Å². The van der Waals surface area contributed by atoms with E-state index in [4.69, 9.17) is 15.7 Å². The molecule has 0 radical (unpaired) electrons. The predicted molar refractivity (Wildman–Crippen MR) is 145 cm³/mol. The average molecular weight is 496 g/mol. The number of para-hydroxylation sites is 1. The van der Waals surface area contributed by atoms with Crippen LogP contribution in [0.3, 0.4) is 0 Å². The molecule has 1 amide bonds. The average Bonchev–Trinajstić information content (AvgIpc) is 2.96. The molecule has 0 saturated heterocycles. The van der Waals surface area contributed by atoms with Crippen molar-refractivity contribution in [2.24, 2.45) is 10.7 Å². The number of methoxy groups -OCH3 is 1. The van der Waals surface area contributed by atoms with Crippen LogP contribution in [-0.4, -0.2) is 36.5 Å². The number of carbonyl (C=O) groups is 1. The summed E-state index contributed by atoms with van der Waals surface area (Å²) in [4.78, 5) is 19.0. The number of rotatable bonds is 8. The number of aliphatic imine (C=N–C) groups is 1. The minimum atomic E-state index is -0.213. The molecule has 190 valence electrons. The van der Waals surface area contributed by atoms with Gasteiger partial charge in [-0.05, 0) is 48.9 Å². The van der Waals surface area contributed by atoms with Gasteiger partial charge in [0.15, 0.2) is 0 Å². The summed E-state index contributed by atoms with van der Waals surface area (Å²) in [5, 5.41) is 12.3. The van der Waals surface area contributed by atoms with Crippen LogP contribution in [0.25, 0.3) is 0 Å². The van der Waals surface area contributed by atoms with Crippen molar-refractivity contribution < 1.29 is 9.53 Å². The van der Waals surface area contributed by atoms with E-state index < -0.39 is 0 Å². The Morgan fingerprint density at radius 1 is 1.05 bits per heavy atom. The molecule has 1 fully saturated rings. The van der Waals surface area contributed by atoms with Gasteiger partial charge < -0.3 is 20.7 Å². The smallest absolute Gasteiger partial charge is 0.255 e. The van der Waals surface area contributed by atoms with E-state index in [-0.39, 0.29) is 23.3 Å². The molecule has 3 aromatic carbocycles. The molecule has 0 atom stereocenters. The first-order valence-electron chi connectivity index (χ1n) is 12.6. The van der Waals surface area contributed by atoms with Crippen LogP contribution in [0.2, 0.25) is 0 Å². The topological polar surface area (TPSA) is 104 Å².